The fraction of sp³-hybridized carbons (Fsp3) is 0.182. The number of rotatable bonds is 4. The molecule has 0 atom stereocenters. The van der Waals surface area contributed by atoms with E-state index in [1.54, 1.807) is 30.0 Å². The maximum Gasteiger partial charge on any atom is 0.277 e. The first-order valence-electron chi connectivity index (χ1n) is 9.40. The Balaban J connectivity index is 1.55. The van der Waals surface area contributed by atoms with Gasteiger partial charge in [0, 0.05) is 36.6 Å². The second-order valence-electron chi connectivity index (χ2n) is 6.90. The normalized spacial score (nSPS) is 12.4. The van der Waals surface area contributed by atoms with Crippen molar-refractivity contribution in [3.63, 3.8) is 0 Å². The van der Waals surface area contributed by atoms with Crippen LogP contribution in [-0.2, 0) is 11.2 Å². The number of hydrogen-bond acceptors (Lipinski definition) is 5. The molecular weight excluding hydrogens is 366 g/mol. The number of carbonyl (C=O) groups excluding carboxylic acids is 2. The van der Waals surface area contributed by atoms with Gasteiger partial charge in [-0.1, -0.05) is 18.2 Å². The third kappa shape index (κ3) is 4.08. The van der Waals surface area contributed by atoms with E-state index in [0.717, 1.165) is 17.8 Å². The molecule has 146 valence electrons. The summed E-state index contributed by atoms with van der Waals surface area (Å²) in [6.45, 7) is 3.88. The number of nitrogens with zero attached hydrogens (tertiary/aromatic N) is 3. The number of aromatic nitrogens is 2. The number of hydrogen-bond donors (Lipinski definition) is 2. The zero-order valence-corrected chi connectivity index (χ0v) is 16.3. The van der Waals surface area contributed by atoms with E-state index in [-0.39, 0.29) is 11.8 Å². The summed E-state index contributed by atoms with van der Waals surface area (Å²) in [7, 11) is 0. The van der Waals surface area contributed by atoms with Crippen molar-refractivity contribution >= 4 is 34.7 Å². The lowest BCUT2D eigenvalue weighted by atomic mass is 10.2. The molecule has 0 fully saturated rings. The summed E-state index contributed by atoms with van der Waals surface area (Å²) in [4.78, 5) is 34.7. The highest BCUT2D eigenvalue weighted by molar-refractivity contribution is 6.06. The number of anilines is 4. The second-order valence-corrected chi connectivity index (χ2v) is 6.90. The molecule has 1 aliphatic heterocycles. The third-order valence-corrected chi connectivity index (χ3v) is 4.67. The summed E-state index contributed by atoms with van der Waals surface area (Å²) < 4.78 is 0. The summed E-state index contributed by atoms with van der Waals surface area (Å²) in [6.07, 6.45) is 0.845. The van der Waals surface area contributed by atoms with Crippen molar-refractivity contribution < 1.29 is 9.59 Å². The number of benzene rings is 2. The lowest BCUT2D eigenvalue weighted by molar-refractivity contribution is -0.114. The van der Waals surface area contributed by atoms with Crippen LogP contribution in [0.3, 0.4) is 0 Å². The van der Waals surface area contributed by atoms with E-state index in [4.69, 9.17) is 0 Å². The van der Waals surface area contributed by atoms with Crippen molar-refractivity contribution in [2.24, 2.45) is 0 Å². The van der Waals surface area contributed by atoms with E-state index in [2.05, 4.69) is 20.6 Å². The Bertz CT molecular complexity index is 1080. The fourth-order valence-corrected chi connectivity index (χ4v) is 3.42. The van der Waals surface area contributed by atoms with E-state index in [1.807, 2.05) is 36.4 Å². The van der Waals surface area contributed by atoms with Crippen LogP contribution in [-0.4, -0.2) is 28.3 Å². The van der Waals surface area contributed by atoms with Crippen LogP contribution >= 0.6 is 0 Å². The molecule has 0 unspecified atom stereocenters. The van der Waals surface area contributed by atoms with Gasteiger partial charge in [-0.25, -0.2) is 9.97 Å². The molecule has 2 aromatic carbocycles. The largest absolute Gasteiger partial charge is 0.340 e. The van der Waals surface area contributed by atoms with Crippen LogP contribution in [0.4, 0.5) is 22.9 Å². The van der Waals surface area contributed by atoms with Crippen molar-refractivity contribution in [3.8, 4) is 0 Å². The van der Waals surface area contributed by atoms with Crippen LogP contribution in [0.2, 0.25) is 0 Å². The molecule has 7 nitrogen and oxygen atoms in total. The average Bonchev–Trinajstić information content (AvgIpc) is 3.12. The summed E-state index contributed by atoms with van der Waals surface area (Å²) in [6, 6.07) is 16.9. The molecule has 1 aliphatic rings. The Morgan fingerprint density at radius 3 is 2.48 bits per heavy atom. The molecule has 0 aliphatic carbocycles. The molecule has 7 heteroatoms. The predicted molar refractivity (Wildman–Crippen MR) is 113 cm³/mol. The van der Waals surface area contributed by atoms with Gasteiger partial charge in [0.25, 0.3) is 5.91 Å². The third-order valence-electron chi connectivity index (χ3n) is 4.67. The average molecular weight is 387 g/mol. The molecule has 0 saturated carbocycles. The highest BCUT2D eigenvalue weighted by atomic mass is 16.2. The Kier molecular flexibility index (Phi) is 4.95. The Labute approximate surface area is 168 Å². The summed E-state index contributed by atoms with van der Waals surface area (Å²) in [5.41, 5.74) is 3.97. The molecule has 0 spiro atoms. The standard InChI is InChI=1S/C22H21N5O2/c1-14-23-19(22(29)27-12-11-16-5-3-4-6-20(16)27)13-21(24-14)26-18-9-7-17(8-10-18)25-15(2)28/h3-10,13H,11-12H2,1-2H3,(H,25,28)(H,23,24,26). The van der Waals surface area contributed by atoms with Crippen molar-refractivity contribution in [2.45, 2.75) is 20.3 Å². The van der Waals surface area contributed by atoms with Crippen molar-refractivity contribution in [2.75, 3.05) is 22.1 Å². The van der Waals surface area contributed by atoms with Gasteiger partial charge in [0.2, 0.25) is 5.91 Å². The number of amides is 2. The van der Waals surface area contributed by atoms with Gasteiger partial charge in [0.05, 0.1) is 0 Å². The molecule has 2 N–H and O–H groups in total. The zero-order valence-electron chi connectivity index (χ0n) is 16.3. The number of fused-ring (bicyclic) bond motifs is 1. The van der Waals surface area contributed by atoms with Gasteiger partial charge in [-0.15, -0.1) is 0 Å². The van der Waals surface area contributed by atoms with E-state index in [1.165, 1.54) is 12.5 Å². The minimum Gasteiger partial charge on any atom is -0.340 e. The first-order valence-corrected chi connectivity index (χ1v) is 9.40. The van der Waals surface area contributed by atoms with Crippen LogP contribution in [0.25, 0.3) is 0 Å². The molecule has 0 saturated heterocycles. The van der Waals surface area contributed by atoms with Crippen LogP contribution in [0.15, 0.2) is 54.6 Å². The van der Waals surface area contributed by atoms with Gasteiger partial charge in [-0.3, -0.25) is 9.59 Å². The molecule has 1 aromatic heterocycles. The van der Waals surface area contributed by atoms with Crippen LogP contribution < -0.4 is 15.5 Å². The Morgan fingerprint density at radius 1 is 1.00 bits per heavy atom. The van der Waals surface area contributed by atoms with Crippen molar-refractivity contribution in [3.05, 3.63) is 71.7 Å². The minimum absolute atomic E-state index is 0.122. The lowest BCUT2D eigenvalue weighted by Crippen LogP contribution is -2.30. The first-order chi connectivity index (χ1) is 14.0. The topological polar surface area (TPSA) is 87.2 Å². The lowest BCUT2D eigenvalue weighted by Gasteiger charge is -2.17. The number of aryl methyl sites for hydroxylation is 1. The summed E-state index contributed by atoms with van der Waals surface area (Å²) in [5.74, 6) is 0.801. The van der Waals surface area contributed by atoms with Crippen LogP contribution in [0.5, 0.6) is 0 Å². The maximum atomic E-state index is 13.1. The predicted octanol–water partition coefficient (Wildman–Crippen LogP) is 3.69. The van der Waals surface area contributed by atoms with Gasteiger partial charge in [0.15, 0.2) is 0 Å². The van der Waals surface area contributed by atoms with Crippen LogP contribution in [0.1, 0.15) is 28.8 Å². The SMILES string of the molecule is CC(=O)Nc1ccc(Nc2cc(C(=O)N3CCc4ccccc43)nc(C)n2)cc1. The molecule has 29 heavy (non-hydrogen) atoms. The first kappa shape index (κ1) is 18.6. The van der Waals surface area contributed by atoms with Crippen LogP contribution in [0, 0.1) is 6.92 Å². The number of nitrogens with one attached hydrogen (secondary N) is 2. The highest BCUT2D eigenvalue weighted by Crippen LogP contribution is 2.29. The molecule has 4 rings (SSSR count). The van der Waals surface area contributed by atoms with E-state index < -0.39 is 0 Å². The number of carbonyl (C=O) groups is 2. The highest BCUT2D eigenvalue weighted by Gasteiger charge is 2.26. The molecular formula is C22H21N5O2. The van der Waals surface area contributed by atoms with E-state index in [0.29, 0.717) is 29.6 Å². The Hall–Kier alpha value is -3.74. The van der Waals surface area contributed by atoms with E-state index >= 15 is 0 Å². The monoisotopic (exact) mass is 387 g/mol. The molecule has 0 radical (unpaired) electrons. The Morgan fingerprint density at radius 2 is 1.72 bits per heavy atom. The molecule has 0 bridgehead atoms. The molecule has 2 amide bonds. The quantitative estimate of drug-likeness (QED) is 0.713. The van der Waals surface area contributed by atoms with Crippen molar-refractivity contribution in [1.82, 2.24) is 9.97 Å². The van der Waals surface area contributed by atoms with Gasteiger partial charge in [-0.2, -0.15) is 0 Å². The van der Waals surface area contributed by atoms with Gasteiger partial charge in [0.1, 0.15) is 17.3 Å². The van der Waals surface area contributed by atoms with Gasteiger partial charge in [-0.05, 0) is 49.2 Å². The summed E-state index contributed by atoms with van der Waals surface area (Å²) in [5, 5.41) is 5.92. The van der Waals surface area contributed by atoms with E-state index in [9.17, 15) is 9.59 Å². The smallest absolute Gasteiger partial charge is 0.277 e. The van der Waals surface area contributed by atoms with Gasteiger partial charge >= 0.3 is 0 Å². The maximum absolute atomic E-state index is 13.1. The fourth-order valence-electron chi connectivity index (χ4n) is 3.42. The molecule has 2 heterocycles. The zero-order chi connectivity index (χ0) is 20.4. The number of para-hydroxylation sites is 1. The second kappa shape index (κ2) is 7.71. The summed E-state index contributed by atoms with van der Waals surface area (Å²) >= 11 is 0. The van der Waals surface area contributed by atoms with Crippen molar-refractivity contribution in [1.29, 1.82) is 0 Å². The molecule has 3 aromatic rings. The van der Waals surface area contributed by atoms with Gasteiger partial charge < -0.3 is 15.5 Å². The minimum atomic E-state index is -0.135.